The molecule has 1 rings (SSSR count). The molecular formula is C13H21NO2. The summed E-state index contributed by atoms with van der Waals surface area (Å²) in [5.41, 5.74) is 1.15. The summed E-state index contributed by atoms with van der Waals surface area (Å²) in [6.45, 7) is 8.98. The van der Waals surface area contributed by atoms with Crippen LogP contribution in [0.4, 0.5) is 0 Å². The zero-order valence-electron chi connectivity index (χ0n) is 10.8. The quantitative estimate of drug-likeness (QED) is 0.786. The monoisotopic (exact) mass is 223 g/mol. The maximum atomic E-state index is 5.63. The molecule has 1 aromatic heterocycles. The van der Waals surface area contributed by atoms with Gasteiger partial charge in [-0.05, 0) is 19.1 Å². The molecule has 0 saturated carbocycles. The highest BCUT2D eigenvalue weighted by atomic mass is 16.5. The first kappa shape index (κ1) is 13.0. The smallest absolute Gasteiger partial charge is 0.138 e. The van der Waals surface area contributed by atoms with Gasteiger partial charge in [-0.15, -0.1) is 0 Å². The van der Waals surface area contributed by atoms with Gasteiger partial charge in [-0.2, -0.15) is 0 Å². The van der Waals surface area contributed by atoms with E-state index in [9.17, 15) is 0 Å². The maximum absolute atomic E-state index is 5.63. The van der Waals surface area contributed by atoms with Crippen LogP contribution in [-0.4, -0.2) is 24.8 Å². The maximum Gasteiger partial charge on any atom is 0.138 e. The minimum atomic E-state index is 0.0484. The average molecular weight is 223 g/mol. The Hall–Kier alpha value is -1.09. The normalized spacial score (nSPS) is 13.6. The predicted molar refractivity (Wildman–Crippen MR) is 64.9 cm³/mol. The number of aromatic nitrogens is 1. The molecule has 0 aliphatic rings. The van der Waals surface area contributed by atoms with E-state index in [-0.39, 0.29) is 11.5 Å². The predicted octanol–water partition coefficient (Wildman–Crippen LogP) is 2.79. The molecule has 0 N–H and O–H groups in total. The summed E-state index contributed by atoms with van der Waals surface area (Å²) >= 11 is 0. The fraction of sp³-hybridized carbons (Fsp3) is 0.615. The summed E-state index contributed by atoms with van der Waals surface area (Å²) in [6.07, 6.45) is 1.82. The van der Waals surface area contributed by atoms with Crippen molar-refractivity contribution in [2.45, 2.75) is 39.2 Å². The number of methoxy groups -OCH3 is 1. The minimum absolute atomic E-state index is 0.0484. The Morgan fingerprint density at radius 2 is 2.00 bits per heavy atom. The second kappa shape index (κ2) is 5.30. The molecular weight excluding hydrogens is 202 g/mol. The van der Waals surface area contributed by atoms with Gasteiger partial charge in [0.15, 0.2) is 0 Å². The molecule has 0 aliphatic carbocycles. The Morgan fingerprint density at radius 1 is 1.31 bits per heavy atom. The Bertz CT molecular complexity index is 314. The number of hydrogen-bond acceptors (Lipinski definition) is 3. The molecule has 0 aromatic carbocycles. The lowest BCUT2D eigenvalue weighted by atomic mass is 9.92. The Labute approximate surface area is 97.8 Å². The lowest BCUT2D eigenvalue weighted by Crippen LogP contribution is -2.18. The molecule has 0 bridgehead atoms. The number of pyridine rings is 1. The average Bonchev–Trinajstić information content (AvgIpc) is 2.17. The van der Waals surface area contributed by atoms with Crippen LogP contribution in [0.1, 0.15) is 33.4 Å². The molecule has 3 nitrogen and oxygen atoms in total. The van der Waals surface area contributed by atoms with Crippen LogP contribution >= 0.6 is 0 Å². The van der Waals surface area contributed by atoms with Gasteiger partial charge in [0.25, 0.3) is 0 Å². The van der Waals surface area contributed by atoms with Gasteiger partial charge in [-0.25, -0.2) is 0 Å². The molecule has 0 unspecified atom stereocenters. The Morgan fingerprint density at radius 3 is 2.44 bits per heavy atom. The van der Waals surface area contributed by atoms with Gasteiger partial charge >= 0.3 is 0 Å². The molecule has 0 radical (unpaired) electrons. The van der Waals surface area contributed by atoms with Crippen molar-refractivity contribution in [1.82, 2.24) is 4.98 Å². The van der Waals surface area contributed by atoms with Crippen molar-refractivity contribution in [3.05, 3.63) is 24.0 Å². The highest BCUT2D eigenvalue weighted by molar-refractivity contribution is 5.23. The second-order valence-corrected chi connectivity index (χ2v) is 5.01. The topological polar surface area (TPSA) is 31.4 Å². The highest BCUT2D eigenvalue weighted by Gasteiger charge is 2.15. The lowest BCUT2D eigenvalue weighted by Gasteiger charge is -2.18. The SMILES string of the molecule is COC[C@H](C)Oc1ccc(C(C)(C)C)nc1. The molecule has 3 heteroatoms. The van der Waals surface area contributed by atoms with Crippen molar-refractivity contribution < 1.29 is 9.47 Å². The van der Waals surface area contributed by atoms with E-state index in [1.807, 2.05) is 19.1 Å². The number of nitrogens with zero attached hydrogens (tertiary/aromatic N) is 1. The van der Waals surface area contributed by atoms with Gasteiger partial charge in [0.05, 0.1) is 12.8 Å². The third kappa shape index (κ3) is 3.81. The van der Waals surface area contributed by atoms with Gasteiger partial charge in [0.2, 0.25) is 0 Å². The van der Waals surface area contributed by atoms with Gasteiger partial charge in [0, 0.05) is 18.2 Å². The Balaban J connectivity index is 2.65. The van der Waals surface area contributed by atoms with Crippen molar-refractivity contribution in [1.29, 1.82) is 0 Å². The summed E-state index contributed by atoms with van der Waals surface area (Å²) in [5.74, 6) is 0.789. The summed E-state index contributed by atoms with van der Waals surface area (Å²) in [5, 5.41) is 0. The first-order valence-corrected chi connectivity index (χ1v) is 5.55. The van der Waals surface area contributed by atoms with E-state index in [2.05, 4.69) is 25.8 Å². The van der Waals surface area contributed by atoms with Crippen molar-refractivity contribution in [3.63, 3.8) is 0 Å². The molecule has 0 amide bonds. The van der Waals surface area contributed by atoms with Crippen molar-refractivity contribution in [3.8, 4) is 5.75 Å². The molecule has 16 heavy (non-hydrogen) atoms. The summed E-state index contributed by atoms with van der Waals surface area (Å²) in [6, 6.07) is 3.97. The third-order valence-electron chi connectivity index (χ3n) is 2.24. The zero-order valence-corrected chi connectivity index (χ0v) is 10.8. The fourth-order valence-electron chi connectivity index (χ4n) is 1.39. The molecule has 0 spiro atoms. The highest BCUT2D eigenvalue weighted by Crippen LogP contribution is 2.21. The van der Waals surface area contributed by atoms with Gasteiger partial charge in [-0.3, -0.25) is 4.98 Å². The van der Waals surface area contributed by atoms with Crippen LogP contribution in [-0.2, 0) is 10.2 Å². The van der Waals surface area contributed by atoms with Crippen molar-refractivity contribution in [2.24, 2.45) is 0 Å². The van der Waals surface area contributed by atoms with E-state index < -0.39 is 0 Å². The second-order valence-electron chi connectivity index (χ2n) is 5.01. The summed E-state index contributed by atoms with van der Waals surface area (Å²) in [7, 11) is 1.67. The summed E-state index contributed by atoms with van der Waals surface area (Å²) in [4.78, 5) is 4.40. The molecule has 0 aliphatic heterocycles. The van der Waals surface area contributed by atoms with E-state index in [0.29, 0.717) is 6.61 Å². The van der Waals surface area contributed by atoms with Crippen LogP contribution in [0.15, 0.2) is 18.3 Å². The van der Waals surface area contributed by atoms with Crippen LogP contribution in [0.25, 0.3) is 0 Å². The van der Waals surface area contributed by atoms with Crippen molar-refractivity contribution in [2.75, 3.05) is 13.7 Å². The van der Waals surface area contributed by atoms with E-state index >= 15 is 0 Å². The minimum Gasteiger partial charge on any atom is -0.487 e. The largest absolute Gasteiger partial charge is 0.487 e. The number of hydrogen-bond donors (Lipinski definition) is 0. The van der Waals surface area contributed by atoms with Crippen molar-refractivity contribution >= 4 is 0 Å². The fourth-order valence-corrected chi connectivity index (χ4v) is 1.39. The van der Waals surface area contributed by atoms with E-state index in [1.54, 1.807) is 13.3 Å². The third-order valence-corrected chi connectivity index (χ3v) is 2.24. The van der Waals surface area contributed by atoms with Crippen LogP contribution in [0.3, 0.4) is 0 Å². The van der Waals surface area contributed by atoms with Crippen LogP contribution in [0, 0.1) is 0 Å². The standard InChI is InChI=1S/C13H21NO2/c1-10(9-15-5)16-11-6-7-12(14-8-11)13(2,3)4/h6-8,10H,9H2,1-5H3/t10-/m0/s1. The molecule has 90 valence electrons. The zero-order chi connectivity index (χ0) is 12.2. The molecule has 1 aromatic rings. The Kier molecular flexibility index (Phi) is 4.30. The van der Waals surface area contributed by atoms with E-state index in [1.165, 1.54) is 0 Å². The first-order valence-electron chi connectivity index (χ1n) is 5.55. The number of rotatable bonds is 4. The molecule has 1 heterocycles. The van der Waals surface area contributed by atoms with Crippen LogP contribution < -0.4 is 4.74 Å². The van der Waals surface area contributed by atoms with Crippen LogP contribution in [0.2, 0.25) is 0 Å². The number of ether oxygens (including phenoxy) is 2. The molecule has 0 fully saturated rings. The lowest BCUT2D eigenvalue weighted by molar-refractivity contribution is 0.0918. The van der Waals surface area contributed by atoms with E-state index in [0.717, 1.165) is 11.4 Å². The molecule has 1 atom stereocenters. The molecule has 0 saturated heterocycles. The van der Waals surface area contributed by atoms with Gasteiger partial charge in [0.1, 0.15) is 11.9 Å². The van der Waals surface area contributed by atoms with Gasteiger partial charge in [-0.1, -0.05) is 20.8 Å². The summed E-state index contributed by atoms with van der Waals surface area (Å²) < 4.78 is 10.6. The first-order chi connectivity index (χ1) is 7.43. The van der Waals surface area contributed by atoms with E-state index in [4.69, 9.17) is 9.47 Å². The van der Waals surface area contributed by atoms with Crippen LogP contribution in [0.5, 0.6) is 5.75 Å². The van der Waals surface area contributed by atoms with Gasteiger partial charge < -0.3 is 9.47 Å².